The van der Waals surface area contributed by atoms with Gasteiger partial charge in [0.1, 0.15) is 0 Å². The Kier molecular flexibility index (Phi) is 3.17. The van der Waals surface area contributed by atoms with E-state index in [0.717, 1.165) is 0 Å². The molecule has 0 fully saturated rings. The average molecular weight is 206 g/mol. The number of hydrogen-bond acceptors (Lipinski definition) is 3. The molecule has 0 saturated carbocycles. The van der Waals surface area contributed by atoms with Gasteiger partial charge in [0, 0.05) is 30.3 Å². The zero-order valence-corrected chi connectivity index (χ0v) is 8.19. The summed E-state index contributed by atoms with van der Waals surface area (Å²) in [6, 6.07) is 5.93. The molecule has 5 heteroatoms. The largest absolute Gasteiger partial charge is 0.326 e. The molecule has 0 aromatic heterocycles. The maximum absolute atomic E-state index is 10.7. The molecule has 1 amide bonds. The Labute approximate surface area is 86.6 Å². The SMILES string of the molecule is C=C(NC(C)=O)c1cccc([N+](=O)[O-])c1. The number of non-ortho nitro benzene ring substituents is 1. The van der Waals surface area contributed by atoms with E-state index in [1.807, 2.05) is 0 Å². The standard InChI is InChI=1S/C10H10N2O3/c1-7(11-8(2)13)9-4-3-5-10(6-9)12(14)15/h3-6H,1H2,2H3,(H,11,13). The number of benzene rings is 1. The minimum atomic E-state index is -0.495. The van der Waals surface area contributed by atoms with Crippen LogP contribution in [0.2, 0.25) is 0 Å². The molecule has 0 unspecified atom stereocenters. The van der Waals surface area contributed by atoms with Crippen molar-refractivity contribution in [1.82, 2.24) is 5.32 Å². The van der Waals surface area contributed by atoms with Gasteiger partial charge in [0.2, 0.25) is 5.91 Å². The quantitative estimate of drug-likeness (QED) is 0.604. The van der Waals surface area contributed by atoms with E-state index < -0.39 is 4.92 Å². The Morgan fingerprint density at radius 2 is 2.20 bits per heavy atom. The molecule has 0 saturated heterocycles. The topological polar surface area (TPSA) is 72.2 Å². The molecular formula is C10H10N2O3. The normalized spacial score (nSPS) is 9.40. The lowest BCUT2D eigenvalue weighted by atomic mass is 10.1. The van der Waals surface area contributed by atoms with Crippen molar-refractivity contribution in [2.45, 2.75) is 6.92 Å². The van der Waals surface area contributed by atoms with Crippen molar-refractivity contribution in [1.29, 1.82) is 0 Å². The summed E-state index contributed by atoms with van der Waals surface area (Å²) in [7, 11) is 0. The van der Waals surface area contributed by atoms with E-state index in [0.29, 0.717) is 11.3 Å². The van der Waals surface area contributed by atoms with Crippen LogP contribution in [0.1, 0.15) is 12.5 Å². The molecule has 1 N–H and O–H groups in total. The molecule has 0 heterocycles. The van der Waals surface area contributed by atoms with Crippen LogP contribution in [-0.4, -0.2) is 10.8 Å². The van der Waals surface area contributed by atoms with Gasteiger partial charge in [-0.25, -0.2) is 0 Å². The lowest BCUT2D eigenvalue weighted by Crippen LogP contribution is -2.17. The van der Waals surface area contributed by atoms with Gasteiger partial charge in [-0.15, -0.1) is 0 Å². The van der Waals surface area contributed by atoms with Crippen molar-refractivity contribution in [3.8, 4) is 0 Å². The van der Waals surface area contributed by atoms with E-state index in [1.165, 1.54) is 19.1 Å². The number of rotatable bonds is 3. The van der Waals surface area contributed by atoms with Crippen molar-refractivity contribution in [2.24, 2.45) is 0 Å². The third kappa shape index (κ3) is 2.91. The lowest BCUT2D eigenvalue weighted by Gasteiger charge is -2.05. The van der Waals surface area contributed by atoms with Crippen LogP contribution < -0.4 is 5.32 Å². The Hall–Kier alpha value is -2.17. The van der Waals surface area contributed by atoms with Gasteiger partial charge in [0.25, 0.3) is 5.69 Å². The summed E-state index contributed by atoms with van der Waals surface area (Å²) < 4.78 is 0. The fourth-order valence-corrected chi connectivity index (χ4v) is 1.09. The van der Waals surface area contributed by atoms with Gasteiger partial charge in [-0.1, -0.05) is 18.7 Å². The van der Waals surface area contributed by atoms with Crippen molar-refractivity contribution >= 4 is 17.3 Å². The molecule has 78 valence electrons. The maximum atomic E-state index is 10.7. The summed E-state index contributed by atoms with van der Waals surface area (Å²) in [6.07, 6.45) is 0. The first kappa shape index (κ1) is 10.9. The molecule has 0 spiro atoms. The number of carbonyl (C=O) groups excluding carboxylic acids is 1. The minimum absolute atomic E-state index is 0.0287. The lowest BCUT2D eigenvalue weighted by molar-refractivity contribution is -0.384. The molecule has 0 aliphatic rings. The summed E-state index contributed by atoms with van der Waals surface area (Å²) in [5.41, 5.74) is 0.851. The average Bonchev–Trinajstić information content (AvgIpc) is 2.17. The maximum Gasteiger partial charge on any atom is 0.270 e. The summed E-state index contributed by atoms with van der Waals surface area (Å²) >= 11 is 0. The predicted molar refractivity (Wildman–Crippen MR) is 55.9 cm³/mol. The molecule has 5 nitrogen and oxygen atoms in total. The van der Waals surface area contributed by atoms with Crippen LogP contribution in [0.3, 0.4) is 0 Å². The number of carbonyl (C=O) groups is 1. The van der Waals surface area contributed by atoms with Crippen LogP contribution in [0.4, 0.5) is 5.69 Å². The van der Waals surface area contributed by atoms with E-state index in [1.54, 1.807) is 12.1 Å². The number of nitrogens with zero attached hydrogens (tertiary/aromatic N) is 1. The summed E-state index contributed by atoms with van der Waals surface area (Å²) in [5, 5.41) is 13.0. The number of hydrogen-bond donors (Lipinski definition) is 1. The monoisotopic (exact) mass is 206 g/mol. The van der Waals surface area contributed by atoms with Gasteiger partial charge >= 0.3 is 0 Å². The second-order valence-electron chi connectivity index (χ2n) is 2.97. The molecule has 0 radical (unpaired) electrons. The van der Waals surface area contributed by atoms with Crippen LogP contribution in [0.5, 0.6) is 0 Å². The number of nitro groups is 1. The Balaban J connectivity index is 2.95. The highest BCUT2D eigenvalue weighted by Gasteiger charge is 2.07. The second kappa shape index (κ2) is 4.36. The highest BCUT2D eigenvalue weighted by Crippen LogP contribution is 2.17. The van der Waals surface area contributed by atoms with Gasteiger partial charge in [-0.3, -0.25) is 14.9 Å². The van der Waals surface area contributed by atoms with Crippen LogP contribution in [0, 0.1) is 10.1 Å². The Bertz CT molecular complexity index is 426. The number of nitro benzene ring substituents is 1. The van der Waals surface area contributed by atoms with Crippen LogP contribution >= 0.6 is 0 Å². The van der Waals surface area contributed by atoms with Crippen LogP contribution in [0.25, 0.3) is 5.70 Å². The molecule has 0 aliphatic carbocycles. The highest BCUT2D eigenvalue weighted by atomic mass is 16.6. The van der Waals surface area contributed by atoms with Crippen molar-refractivity contribution in [3.63, 3.8) is 0 Å². The molecular weight excluding hydrogens is 196 g/mol. The van der Waals surface area contributed by atoms with E-state index in [4.69, 9.17) is 0 Å². The van der Waals surface area contributed by atoms with Crippen LogP contribution in [0.15, 0.2) is 30.8 Å². The minimum Gasteiger partial charge on any atom is -0.326 e. The fraction of sp³-hybridized carbons (Fsp3) is 0.100. The highest BCUT2D eigenvalue weighted by molar-refractivity contribution is 5.84. The van der Waals surface area contributed by atoms with E-state index >= 15 is 0 Å². The first-order valence-corrected chi connectivity index (χ1v) is 4.22. The van der Waals surface area contributed by atoms with E-state index in [9.17, 15) is 14.9 Å². The predicted octanol–water partition coefficient (Wildman–Crippen LogP) is 1.70. The third-order valence-electron chi connectivity index (χ3n) is 1.73. The third-order valence-corrected chi connectivity index (χ3v) is 1.73. The molecule has 0 bridgehead atoms. The smallest absolute Gasteiger partial charge is 0.270 e. The zero-order chi connectivity index (χ0) is 11.4. The first-order chi connectivity index (χ1) is 7.00. The van der Waals surface area contributed by atoms with E-state index in [-0.39, 0.29) is 11.6 Å². The zero-order valence-electron chi connectivity index (χ0n) is 8.19. The number of nitrogens with one attached hydrogen (secondary N) is 1. The fourth-order valence-electron chi connectivity index (χ4n) is 1.09. The Morgan fingerprint density at radius 3 is 2.73 bits per heavy atom. The van der Waals surface area contributed by atoms with Gasteiger partial charge in [0.05, 0.1) is 4.92 Å². The summed E-state index contributed by atoms with van der Waals surface area (Å²) in [6.45, 7) is 4.96. The molecule has 15 heavy (non-hydrogen) atoms. The molecule has 1 rings (SSSR count). The molecule has 0 atom stereocenters. The van der Waals surface area contributed by atoms with Crippen molar-refractivity contribution in [3.05, 3.63) is 46.5 Å². The molecule has 0 aliphatic heterocycles. The summed E-state index contributed by atoms with van der Waals surface area (Å²) in [5.74, 6) is -0.258. The van der Waals surface area contributed by atoms with Gasteiger partial charge in [-0.05, 0) is 0 Å². The molecule has 1 aromatic carbocycles. The van der Waals surface area contributed by atoms with Crippen molar-refractivity contribution in [2.75, 3.05) is 0 Å². The summed E-state index contributed by atoms with van der Waals surface area (Å²) in [4.78, 5) is 20.7. The second-order valence-corrected chi connectivity index (χ2v) is 2.97. The van der Waals surface area contributed by atoms with Crippen molar-refractivity contribution < 1.29 is 9.72 Å². The molecule has 1 aromatic rings. The van der Waals surface area contributed by atoms with Gasteiger partial charge in [0.15, 0.2) is 0 Å². The van der Waals surface area contributed by atoms with E-state index in [2.05, 4.69) is 11.9 Å². The Morgan fingerprint density at radius 1 is 1.53 bits per heavy atom. The number of amides is 1. The van der Waals surface area contributed by atoms with Gasteiger partial charge < -0.3 is 5.32 Å². The van der Waals surface area contributed by atoms with Gasteiger partial charge in [-0.2, -0.15) is 0 Å². The first-order valence-electron chi connectivity index (χ1n) is 4.22. The van der Waals surface area contributed by atoms with Crippen LogP contribution in [-0.2, 0) is 4.79 Å².